The molecule has 3 aromatic rings. The van der Waals surface area contributed by atoms with E-state index in [0.717, 1.165) is 29.0 Å². The third-order valence-electron chi connectivity index (χ3n) is 5.81. The average molecular weight is 481 g/mol. The number of carbonyl (C=O) groups is 1. The Bertz CT molecular complexity index is 1120. The Hall–Kier alpha value is -3.07. The molecule has 8 nitrogen and oxygen atoms in total. The van der Waals surface area contributed by atoms with Crippen molar-refractivity contribution in [1.29, 1.82) is 0 Å². The minimum absolute atomic E-state index is 0.250. The van der Waals surface area contributed by atoms with E-state index in [1.165, 1.54) is 24.6 Å². The predicted molar refractivity (Wildman–Crippen MR) is 135 cm³/mol. The number of ketones is 1. The van der Waals surface area contributed by atoms with Crippen LogP contribution in [0.15, 0.2) is 40.4 Å². The molecule has 0 atom stereocenters. The Kier molecular flexibility index (Phi) is 7.72. The molecule has 0 radical (unpaired) electrons. The molecule has 0 spiro atoms. The largest absolute Gasteiger partial charge is 0.487 e. The topological polar surface area (TPSA) is 96.0 Å². The summed E-state index contributed by atoms with van der Waals surface area (Å²) in [6.07, 6.45) is 4.96. The molecule has 0 bridgehead atoms. The summed E-state index contributed by atoms with van der Waals surface area (Å²) in [7, 11) is 3.86. The second kappa shape index (κ2) is 10.9. The number of nitrogens with one attached hydrogen (secondary N) is 2. The Morgan fingerprint density at radius 2 is 1.94 bits per heavy atom. The number of nitrogens with zero attached hydrogens (tertiary/aromatic N) is 4. The van der Waals surface area contributed by atoms with Crippen LogP contribution >= 0.6 is 11.8 Å². The van der Waals surface area contributed by atoms with Crippen molar-refractivity contribution >= 4 is 35.0 Å². The molecule has 4 rings (SSSR count). The summed E-state index contributed by atoms with van der Waals surface area (Å²) < 4.78 is 5.90. The van der Waals surface area contributed by atoms with E-state index in [2.05, 4.69) is 15.5 Å². The standard InChI is InChI=1S/C25H32N6O2S/c1-5-33-22-23(26-21-14-16(2)29-30-21)27-25(28-24(22)31(3)4)34-19-12-10-17(11-13-19)15-20(32)18-8-6-7-9-18/h10-14,18H,5-9,15H2,1-4H3,(H2,26,27,28,29,30). The maximum atomic E-state index is 12.5. The van der Waals surface area contributed by atoms with Crippen molar-refractivity contribution in [2.24, 2.45) is 5.92 Å². The van der Waals surface area contributed by atoms with Gasteiger partial charge in [-0.15, -0.1) is 0 Å². The van der Waals surface area contributed by atoms with Crippen LogP contribution in [0, 0.1) is 12.8 Å². The molecule has 2 N–H and O–H groups in total. The van der Waals surface area contributed by atoms with Gasteiger partial charge in [-0.2, -0.15) is 5.10 Å². The molecule has 2 heterocycles. The third kappa shape index (κ3) is 5.88. The van der Waals surface area contributed by atoms with Gasteiger partial charge in [-0.25, -0.2) is 9.97 Å². The Labute approximate surface area is 204 Å². The lowest BCUT2D eigenvalue weighted by molar-refractivity contribution is -0.122. The van der Waals surface area contributed by atoms with Crippen LogP contribution in [0.4, 0.5) is 17.5 Å². The molecule has 1 aliphatic rings. The van der Waals surface area contributed by atoms with Crippen molar-refractivity contribution in [1.82, 2.24) is 20.2 Å². The normalized spacial score (nSPS) is 13.8. The van der Waals surface area contributed by atoms with Crippen LogP contribution in [0.5, 0.6) is 5.75 Å². The van der Waals surface area contributed by atoms with E-state index in [0.29, 0.717) is 47.2 Å². The number of anilines is 3. The van der Waals surface area contributed by atoms with Crippen LogP contribution in [0.2, 0.25) is 0 Å². The molecule has 34 heavy (non-hydrogen) atoms. The highest BCUT2D eigenvalue weighted by atomic mass is 32.2. The average Bonchev–Trinajstić information content (AvgIpc) is 3.49. The SMILES string of the molecule is CCOc1c(Nc2cc(C)[nH]n2)nc(Sc2ccc(CC(=O)C3CCCC3)cc2)nc1N(C)C. The molecule has 1 saturated carbocycles. The first kappa shape index (κ1) is 24.1. The van der Waals surface area contributed by atoms with Gasteiger partial charge in [-0.3, -0.25) is 9.89 Å². The summed E-state index contributed by atoms with van der Waals surface area (Å²) in [5.74, 6) is 3.11. The second-order valence-corrected chi connectivity index (χ2v) is 9.81. The molecular formula is C25H32N6O2S. The Morgan fingerprint density at radius 1 is 1.21 bits per heavy atom. The predicted octanol–water partition coefficient (Wildman–Crippen LogP) is 5.17. The number of hydrogen-bond acceptors (Lipinski definition) is 8. The van der Waals surface area contributed by atoms with Crippen molar-refractivity contribution in [2.45, 2.75) is 56.0 Å². The van der Waals surface area contributed by atoms with Crippen molar-refractivity contribution < 1.29 is 9.53 Å². The molecule has 180 valence electrons. The fourth-order valence-electron chi connectivity index (χ4n) is 4.11. The van der Waals surface area contributed by atoms with E-state index < -0.39 is 0 Å². The van der Waals surface area contributed by atoms with Crippen LogP contribution in [0.1, 0.15) is 43.9 Å². The van der Waals surface area contributed by atoms with Gasteiger partial charge in [0.05, 0.1) is 6.61 Å². The van der Waals surface area contributed by atoms with Crippen LogP contribution in [0.3, 0.4) is 0 Å². The molecular weight excluding hydrogens is 448 g/mol. The van der Waals surface area contributed by atoms with Crippen molar-refractivity contribution in [3.8, 4) is 5.75 Å². The summed E-state index contributed by atoms with van der Waals surface area (Å²) in [5.41, 5.74) is 2.00. The number of aryl methyl sites for hydroxylation is 1. The number of benzene rings is 1. The lowest BCUT2D eigenvalue weighted by Gasteiger charge is -2.19. The molecule has 1 aliphatic carbocycles. The first-order valence-corrected chi connectivity index (χ1v) is 12.5. The molecule has 0 amide bonds. The maximum absolute atomic E-state index is 12.5. The number of carbonyl (C=O) groups excluding carboxylic acids is 1. The number of aromatic nitrogens is 4. The van der Waals surface area contributed by atoms with E-state index >= 15 is 0 Å². The fourth-order valence-corrected chi connectivity index (χ4v) is 4.86. The first-order valence-electron chi connectivity index (χ1n) is 11.7. The lowest BCUT2D eigenvalue weighted by atomic mass is 9.97. The number of hydrogen-bond donors (Lipinski definition) is 2. The van der Waals surface area contributed by atoms with Gasteiger partial charge in [0.25, 0.3) is 0 Å². The van der Waals surface area contributed by atoms with Crippen LogP contribution in [0.25, 0.3) is 0 Å². The molecule has 0 unspecified atom stereocenters. The maximum Gasteiger partial charge on any atom is 0.205 e. The quantitative estimate of drug-likeness (QED) is 0.384. The molecule has 0 saturated heterocycles. The fraction of sp³-hybridized carbons (Fsp3) is 0.440. The second-order valence-electron chi connectivity index (χ2n) is 8.77. The highest BCUT2D eigenvalue weighted by Gasteiger charge is 2.23. The number of rotatable bonds is 10. The van der Waals surface area contributed by atoms with Gasteiger partial charge in [-0.05, 0) is 56.1 Å². The Morgan fingerprint density at radius 3 is 2.56 bits per heavy atom. The smallest absolute Gasteiger partial charge is 0.205 e. The molecule has 1 fully saturated rings. The van der Waals surface area contributed by atoms with Gasteiger partial charge in [0.2, 0.25) is 5.75 Å². The van der Waals surface area contributed by atoms with Crippen LogP contribution in [-0.2, 0) is 11.2 Å². The van der Waals surface area contributed by atoms with E-state index in [9.17, 15) is 4.79 Å². The van der Waals surface area contributed by atoms with Crippen LogP contribution < -0.4 is 15.0 Å². The van der Waals surface area contributed by atoms with Gasteiger partial charge in [0.1, 0.15) is 5.78 Å². The lowest BCUT2D eigenvalue weighted by Crippen LogP contribution is -2.15. The molecule has 0 aliphatic heterocycles. The number of H-pyrrole nitrogens is 1. The molecule has 2 aromatic heterocycles. The van der Waals surface area contributed by atoms with Gasteiger partial charge < -0.3 is 15.0 Å². The third-order valence-corrected chi connectivity index (χ3v) is 6.69. The van der Waals surface area contributed by atoms with E-state index in [-0.39, 0.29) is 5.92 Å². The highest BCUT2D eigenvalue weighted by molar-refractivity contribution is 7.99. The van der Waals surface area contributed by atoms with Crippen LogP contribution in [-0.4, -0.2) is 46.7 Å². The van der Waals surface area contributed by atoms with Gasteiger partial charge >= 0.3 is 0 Å². The zero-order chi connectivity index (χ0) is 24.1. The van der Waals surface area contributed by atoms with Gasteiger partial charge in [-0.1, -0.05) is 25.0 Å². The summed E-state index contributed by atoms with van der Waals surface area (Å²) in [6.45, 7) is 4.37. The zero-order valence-electron chi connectivity index (χ0n) is 20.2. The summed E-state index contributed by atoms with van der Waals surface area (Å²) in [5, 5.41) is 11.0. The van der Waals surface area contributed by atoms with Crippen molar-refractivity contribution in [3.05, 3.63) is 41.6 Å². The zero-order valence-corrected chi connectivity index (χ0v) is 21.0. The summed E-state index contributed by atoms with van der Waals surface area (Å²) in [4.78, 5) is 24.9. The van der Waals surface area contributed by atoms with E-state index in [4.69, 9.17) is 14.7 Å². The molecule has 9 heteroatoms. The Balaban J connectivity index is 1.55. The summed E-state index contributed by atoms with van der Waals surface area (Å²) >= 11 is 1.47. The number of Topliss-reactive ketones (excluding diaryl/α,β-unsaturated/α-hetero) is 1. The minimum atomic E-state index is 0.250. The van der Waals surface area contributed by atoms with Crippen molar-refractivity contribution in [3.63, 3.8) is 0 Å². The number of aromatic amines is 1. The highest BCUT2D eigenvalue weighted by Crippen LogP contribution is 2.37. The minimum Gasteiger partial charge on any atom is -0.487 e. The number of ether oxygens (including phenoxy) is 1. The molecule has 1 aromatic carbocycles. The van der Waals surface area contributed by atoms with E-state index in [1.54, 1.807) is 0 Å². The van der Waals surface area contributed by atoms with E-state index in [1.807, 2.05) is 63.2 Å². The van der Waals surface area contributed by atoms with Gasteiger partial charge in [0.15, 0.2) is 22.6 Å². The first-order chi connectivity index (χ1) is 16.4. The van der Waals surface area contributed by atoms with Gasteiger partial charge in [0, 0.05) is 43.1 Å². The monoisotopic (exact) mass is 480 g/mol. The summed E-state index contributed by atoms with van der Waals surface area (Å²) in [6, 6.07) is 10.0. The van der Waals surface area contributed by atoms with Crippen molar-refractivity contribution in [2.75, 3.05) is 30.9 Å².